The van der Waals surface area contributed by atoms with E-state index in [1.165, 1.54) is 6.33 Å². The summed E-state index contributed by atoms with van der Waals surface area (Å²) in [5.74, 6) is 0.470. The molecule has 4 aromatic rings. The molecule has 0 saturated carbocycles. The van der Waals surface area contributed by atoms with Crippen LogP contribution in [0.1, 0.15) is 42.6 Å². The van der Waals surface area contributed by atoms with Gasteiger partial charge < -0.3 is 9.47 Å². The Balaban J connectivity index is 1.38. The molecule has 0 amide bonds. The van der Waals surface area contributed by atoms with Crippen molar-refractivity contribution in [2.45, 2.75) is 38.6 Å². The highest BCUT2D eigenvalue weighted by Gasteiger charge is 2.26. The molecule has 0 aliphatic carbocycles. The number of halogens is 2. The molecule has 164 valence electrons. The quantitative estimate of drug-likeness (QED) is 0.428. The summed E-state index contributed by atoms with van der Waals surface area (Å²) in [4.78, 5) is 20.0. The molecule has 5 rings (SSSR count). The number of anilines is 1. The van der Waals surface area contributed by atoms with E-state index in [9.17, 15) is 0 Å². The van der Waals surface area contributed by atoms with E-state index in [0.29, 0.717) is 28.2 Å². The summed E-state index contributed by atoms with van der Waals surface area (Å²) in [6.07, 6.45) is 9.99. The first-order chi connectivity index (χ1) is 15.6. The van der Waals surface area contributed by atoms with E-state index in [-0.39, 0.29) is 11.9 Å². The molecule has 0 spiro atoms. The Labute approximate surface area is 191 Å². The summed E-state index contributed by atoms with van der Waals surface area (Å²) in [7, 11) is 0. The number of aryl methyl sites for hydroxylation is 1. The lowest BCUT2D eigenvalue weighted by molar-refractivity contribution is 0.398. The molecule has 1 aliphatic rings. The Morgan fingerprint density at radius 3 is 2.53 bits per heavy atom. The predicted molar refractivity (Wildman–Crippen MR) is 124 cm³/mol. The van der Waals surface area contributed by atoms with Crippen LogP contribution in [0.15, 0.2) is 49.2 Å². The minimum atomic E-state index is -0.288. The van der Waals surface area contributed by atoms with Gasteiger partial charge in [-0.05, 0) is 36.5 Å². The zero-order chi connectivity index (χ0) is 22.1. The van der Waals surface area contributed by atoms with Gasteiger partial charge in [0.1, 0.15) is 12.0 Å². The molecule has 3 aromatic heterocycles. The topological polar surface area (TPSA) is 59.7 Å². The van der Waals surface area contributed by atoms with Crippen LogP contribution < -0.4 is 4.90 Å². The van der Waals surface area contributed by atoms with Gasteiger partial charge in [-0.2, -0.15) is 0 Å². The second-order valence-corrected chi connectivity index (χ2v) is 8.54. The lowest BCUT2D eigenvalue weighted by Gasteiger charge is -2.32. The van der Waals surface area contributed by atoms with Crippen molar-refractivity contribution in [3.8, 4) is 0 Å². The van der Waals surface area contributed by atoms with E-state index in [1.54, 1.807) is 6.20 Å². The highest BCUT2D eigenvalue weighted by atomic mass is 35.5. The molecule has 8 heteroatoms. The van der Waals surface area contributed by atoms with Gasteiger partial charge in [0, 0.05) is 49.2 Å². The fourth-order valence-electron chi connectivity index (χ4n) is 4.37. The normalized spacial score (nSPS) is 14.9. The van der Waals surface area contributed by atoms with Crippen LogP contribution >= 0.6 is 11.6 Å². The SMILES string of the molecule is CCc1cnc(N2CCC(n3cc(F)c4c(Cc5ccccc5Cl)ncnc43)CC2)nc1. The maximum absolute atomic E-state index is 15.1. The van der Waals surface area contributed by atoms with Gasteiger partial charge in [0.25, 0.3) is 0 Å². The van der Waals surface area contributed by atoms with Crippen LogP contribution in [0.3, 0.4) is 0 Å². The van der Waals surface area contributed by atoms with Crippen molar-refractivity contribution in [1.82, 2.24) is 24.5 Å². The lowest BCUT2D eigenvalue weighted by Crippen LogP contribution is -2.35. The van der Waals surface area contributed by atoms with Crippen molar-refractivity contribution in [3.63, 3.8) is 0 Å². The van der Waals surface area contributed by atoms with Gasteiger partial charge in [-0.15, -0.1) is 0 Å². The fraction of sp³-hybridized carbons (Fsp3) is 0.333. The minimum absolute atomic E-state index is 0.163. The summed E-state index contributed by atoms with van der Waals surface area (Å²) in [5.41, 5.74) is 3.34. The Morgan fingerprint density at radius 2 is 1.81 bits per heavy atom. The van der Waals surface area contributed by atoms with Crippen LogP contribution in [0.2, 0.25) is 5.02 Å². The molecule has 32 heavy (non-hydrogen) atoms. The molecule has 0 atom stereocenters. The summed E-state index contributed by atoms with van der Waals surface area (Å²) in [6.45, 7) is 3.72. The van der Waals surface area contributed by atoms with E-state index >= 15 is 4.39 Å². The van der Waals surface area contributed by atoms with Crippen molar-refractivity contribution < 1.29 is 4.39 Å². The van der Waals surface area contributed by atoms with Crippen LogP contribution in [0.5, 0.6) is 0 Å². The predicted octanol–water partition coefficient (Wildman–Crippen LogP) is 5.01. The number of hydrogen-bond donors (Lipinski definition) is 0. The lowest BCUT2D eigenvalue weighted by atomic mass is 10.0. The van der Waals surface area contributed by atoms with Crippen LogP contribution in [0, 0.1) is 5.82 Å². The first-order valence-corrected chi connectivity index (χ1v) is 11.3. The maximum Gasteiger partial charge on any atom is 0.225 e. The number of piperidine rings is 1. The maximum atomic E-state index is 15.1. The van der Waals surface area contributed by atoms with Crippen LogP contribution in [-0.2, 0) is 12.8 Å². The van der Waals surface area contributed by atoms with Gasteiger partial charge >= 0.3 is 0 Å². The third-order valence-electron chi connectivity index (χ3n) is 6.20. The third-order valence-corrected chi connectivity index (χ3v) is 6.57. The van der Waals surface area contributed by atoms with Gasteiger partial charge in [0.2, 0.25) is 5.95 Å². The van der Waals surface area contributed by atoms with Crippen LogP contribution in [0.4, 0.5) is 10.3 Å². The van der Waals surface area contributed by atoms with Gasteiger partial charge in [0.15, 0.2) is 5.82 Å². The van der Waals surface area contributed by atoms with Crippen molar-refractivity contribution in [1.29, 1.82) is 0 Å². The van der Waals surface area contributed by atoms with E-state index < -0.39 is 0 Å². The molecule has 1 saturated heterocycles. The van der Waals surface area contributed by atoms with Crippen molar-refractivity contribution in [2.75, 3.05) is 18.0 Å². The molecule has 1 aliphatic heterocycles. The van der Waals surface area contributed by atoms with E-state index in [0.717, 1.165) is 49.4 Å². The minimum Gasteiger partial charge on any atom is -0.341 e. The summed E-state index contributed by atoms with van der Waals surface area (Å²) in [6, 6.07) is 7.75. The van der Waals surface area contributed by atoms with Crippen LogP contribution in [-0.4, -0.2) is 37.6 Å². The molecule has 0 radical (unpaired) electrons. The van der Waals surface area contributed by atoms with Crippen LogP contribution in [0.25, 0.3) is 11.0 Å². The van der Waals surface area contributed by atoms with Crippen molar-refractivity contribution in [2.24, 2.45) is 0 Å². The molecular formula is C24H24ClFN6. The van der Waals surface area contributed by atoms with Gasteiger partial charge in [0.05, 0.1) is 11.1 Å². The molecule has 1 fully saturated rings. The zero-order valence-electron chi connectivity index (χ0n) is 17.9. The fourth-order valence-corrected chi connectivity index (χ4v) is 4.57. The molecular weight excluding hydrogens is 427 g/mol. The number of rotatable bonds is 5. The number of fused-ring (bicyclic) bond motifs is 1. The zero-order valence-corrected chi connectivity index (χ0v) is 18.6. The average Bonchev–Trinajstić information content (AvgIpc) is 3.18. The molecule has 4 heterocycles. The number of nitrogens with zero attached hydrogens (tertiary/aromatic N) is 6. The van der Waals surface area contributed by atoms with Crippen molar-refractivity contribution >= 4 is 28.6 Å². The number of hydrogen-bond acceptors (Lipinski definition) is 5. The standard InChI is InChI=1S/C24H24ClFN6/c1-2-16-12-27-24(28-13-16)31-9-7-18(8-10-31)32-14-20(26)22-21(29-15-30-23(22)32)11-17-5-3-4-6-19(17)25/h3-6,12-15,18H,2,7-11H2,1H3. The molecule has 0 bridgehead atoms. The summed E-state index contributed by atoms with van der Waals surface area (Å²) < 4.78 is 17.0. The van der Waals surface area contributed by atoms with E-state index in [4.69, 9.17) is 11.6 Å². The summed E-state index contributed by atoms with van der Waals surface area (Å²) in [5, 5.41) is 1.13. The summed E-state index contributed by atoms with van der Waals surface area (Å²) >= 11 is 6.32. The van der Waals surface area contributed by atoms with E-state index in [1.807, 2.05) is 41.2 Å². The number of aromatic nitrogens is 5. The number of benzene rings is 1. The van der Waals surface area contributed by atoms with Crippen molar-refractivity contribution in [3.05, 3.63) is 76.8 Å². The third kappa shape index (κ3) is 3.93. The second-order valence-electron chi connectivity index (χ2n) is 8.13. The highest BCUT2D eigenvalue weighted by Crippen LogP contribution is 2.31. The highest BCUT2D eigenvalue weighted by molar-refractivity contribution is 6.31. The second kappa shape index (κ2) is 8.82. The Kier molecular flexibility index (Phi) is 5.74. The molecule has 0 unspecified atom stereocenters. The molecule has 0 N–H and O–H groups in total. The monoisotopic (exact) mass is 450 g/mol. The average molecular weight is 451 g/mol. The Bertz CT molecular complexity index is 1230. The first kappa shape index (κ1) is 20.8. The first-order valence-electron chi connectivity index (χ1n) is 10.9. The molecule has 6 nitrogen and oxygen atoms in total. The largest absolute Gasteiger partial charge is 0.341 e. The van der Waals surface area contributed by atoms with E-state index in [2.05, 4.69) is 31.8 Å². The Hall–Kier alpha value is -3.06. The van der Waals surface area contributed by atoms with Gasteiger partial charge in [-0.3, -0.25) is 0 Å². The Morgan fingerprint density at radius 1 is 1.06 bits per heavy atom. The van der Waals surface area contributed by atoms with Gasteiger partial charge in [-0.25, -0.2) is 24.3 Å². The smallest absolute Gasteiger partial charge is 0.225 e. The van der Waals surface area contributed by atoms with Gasteiger partial charge in [-0.1, -0.05) is 36.7 Å². The molecule has 1 aromatic carbocycles.